The lowest BCUT2D eigenvalue weighted by atomic mass is 10.1. The van der Waals surface area contributed by atoms with Crippen molar-refractivity contribution in [1.82, 2.24) is 9.38 Å². The zero-order valence-corrected chi connectivity index (χ0v) is 8.77. The average molecular weight is 230 g/mol. The smallest absolute Gasteiger partial charge is 0.225 e. The van der Waals surface area contributed by atoms with Crippen LogP contribution in [0, 0.1) is 11.8 Å². The van der Waals surface area contributed by atoms with Crippen molar-refractivity contribution in [2.24, 2.45) is 0 Å². The summed E-state index contributed by atoms with van der Waals surface area (Å²) in [5, 5.41) is 0. The molecule has 4 heteroatoms. The first-order valence-corrected chi connectivity index (χ1v) is 5.14. The Hall–Kier alpha value is -2.23. The molecule has 3 aromatic rings. The van der Waals surface area contributed by atoms with Crippen molar-refractivity contribution in [3.05, 3.63) is 60.4 Å². The Labute approximate surface area is 96.2 Å². The third-order valence-corrected chi connectivity index (χ3v) is 2.57. The topological polar surface area (TPSA) is 17.3 Å². The maximum absolute atomic E-state index is 14.0. The fraction of sp³-hybridized carbons (Fsp3) is 0. The maximum atomic E-state index is 14.0. The standard InChI is InChI=1S/C13H8F2N2/c14-10-5-3-4-9(8-10)12-13(15)17-7-2-1-6-11(17)16-12/h1-8H. The monoisotopic (exact) mass is 230 g/mol. The molecular formula is C13H8F2N2. The summed E-state index contributed by atoms with van der Waals surface area (Å²) in [7, 11) is 0. The van der Waals surface area contributed by atoms with Crippen LogP contribution in [-0.2, 0) is 0 Å². The fourth-order valence-corrected chi connectivity index (χ4v) is 1.79. The second-order valence-electron chi connectivity index (χ2n) is 3.69. The molecule has 0 N–H and O–H groups in total. The molecule has 0 unspecified atom stereocenters. The number of fused-ring (bicyclic) bond motifs is 1. The SMILES string of the molecule is Fc1cccc(-c2nc3ccccn3c2F)c1. The lowest BCUT2D eigenvalue weighted by molar-refractivity contribution is 0.576. The van der Waals surface area contributed by atoms with Gasteiger partial charge in [-0.2, -0.15) is 4.39 Å². The van der Waals surface area contributed by atoms with Crippen molar-refractivity contribution >= 4 is 5.65 Å². The van der Waals surface area contributed by atoms with E-state index in [1.165, 1.54) is 22.6 Å². The van der Waals surface area contributed by atoms with Gasteiger partial charge in [-0.05, 0) is 24.3 Å². The Balaban J connectivity index is 2.27. The van der Waals surface area contributed by atoms with Crippen LogP contribution in [0.5, 0.6) is 0 Å². The van der Waals surface area contributed by atoms with Crippen molar-refractivity contribution in [3.8, 4) is 11.3 Å². The normalized spacial score (nSPS) is 10.9. The summed E-state index contributed by atoms with van der Waals surface area (Å²) in [6.07, 6.45) is 1.58. The number of hydrogen-bond acceptors (Lipinski definition) is 1. The molecule has 2 heterocycles. The number of pyridine rings is 1. The highest BCUT2D eigenvalue weighted by Crippen LogP contribution is 2.23. The Kier molecular flexibility index (Phi) is 2.14. The molecule has 0 amide bonds. The predicted octanol–water partition coefficient (Wildman–Crippen LogP) is 3.28. The van der Waals surface area contributed by atoms with Crippen LogP contribution in [0.15, 0.2) is 48.7 Å². The van der Waals surface area contributed by atoms with Gasteiger partial charge < -0.3 is 0 Å². The molecule has 0 aliphatic rings. The van der Waals surface area contributed by atoms with Crippen LogP contribution in [-0.4, -0.2) is 9.38 Å². The van der Waals surface area contributed by atoms with E-state index in [2.05, 4.69) is 4.98 Å². The van der Waals surface area contributed by atoms with Crippen LogP contribution >= 0.6 is 0 Å². The molecule has 0 atom stereocenters. The van der Waals surface area contributed by atoms with E-state index in [0.717, 1.165) is 0 Å². The van der Waals surface area contributed by atoms with Gasteiger partial charge in [-0.3, -0.25) is 4.40 Å². The van der Waals surface area contributed by atoms with E-state index in [1.54, 1.807) is 30.5 Å². The molecule has 0 spiro atoms. The van der Waals surface area contributed by atoms with Crippen LogP contribution in [0.25, 0.3) is 16.9 Å². The highest BCUT2D eigenvalue weighted by Gasteiger charge is 2.13. The Morgan fingerprint density at radius 1 is 1.00 bits per heavy atom. The third-order valence-electron chi connectivity index (χ3n) is 2.57. The van der Waals surface area contributed by atoms with Gasteiger partial charge in [0.05, 0.1) is 0 Å². The van der Waals surface area contributed by atoms with E-state index < -0.39 is 11.8 Å². The Morgan fingerprint density at radius 3 is 2.65 bits per heavy atom. The minimum Gasteiger partial charge on any atom is -0.276 e. The molecule has 17 heavy (non-hydrogen) atoms. The summed E-state index contributed by atoms with van der Waals surface area (Å²) in [6, 6.07) is 10.9. The molecule has 0 bridgehead atoms. The van der Waals surface area contributed by atoms with Crippen LogP contribution < -0.4 is 0 Å². The summed E-state index contributed by atoms with van der Waals surface area (Å²) in [5.41, 5.74) is 1.10. The number of benzene rings is 1. The number of hydrogen-bond donors (Lipinski definition) is 0. The van der Waals surface area contributed by atoms with E-state index in [9.17, 15) is 8.78 Å². The highest BCUT2D eigenvalue weighted by atomic mass is 19.1. The van der Waals surface area contributed by atoms with Crippen LogP contribution in [0.1, 0.15) is 0 Å². The molecular weight excluding hydrogens is 222 g/mol. The van der Waals surface area contributed by atoms with E-state index in [0.29, 0.717) is 11.2 Å². The second kappa shape index (κ2) is 3.66. The van der Waals surface area contributed by atoms with Gasteiger partial charge >= 0.3 is 0 Å². The van der Waals surface area contributed by atoms with Gasteiger partial charge in [0.25, 0.3) is 0 Å². The molecule has 0 saturated carbocycles. The van der Waals surface area contributed by atoms with Crippen molar-refractivity contribution in [2.45, 2.75) is 0 Å². The van der Waals surface area contributed by atoms with Gasteiger partial charge in [0.1, 0.15) is 17.2 Å². The van der Waals surface area contributed by atoms with E-state index >= 15 is 0 Å². The summed E-state index contributed by atoms with van der Waals surface area (Å²) in [4.78, 5) is 4.14. The van der Waals surface area contributed by atoms with Crippen molar-refractivity contribution < 1.29 is 8.78 Å². The van der Waals surface area contributed by atoms with E-state index in [-0.39, 0.29) is 5.69 Å². The molecule has 84 valence electrons. The number of rotatable bonds is 1. The van der Waals surface area contributed by atoms with Crippen LogP contribution in [0.4, 0.5) is 8.78 Å². The summed E-state index contributed by atoms with van der Waals surface area (Å²) in [5.74, 6) is -0.884. The van der Waals surface area contributed by atoms with Gasteiger partial charge in [0, 0.05) is 11.8 Å². The molecule has 0 fully saturated rings. The molecule has 0 aliphatic carbocycles. The lowest BCUT2D eigenvalue weighted by Gasteiger charge is -1.96. The first-order valence-electron chi connectivity index (χ1n) is 5.14. The van der Waals surface area contributed by atoms with Crippen molar-refractivity contribution in [2.75, 3.05) is 0 Å². The summed E-state index contributed by atoms with van der Waals surface area (Å²) in [6.45, 7) is 0. The van der Waals surface area contributed by atoms with E-state index in [4.69, 9.17) is 0 Å². The quantitative estimate of drug-likeness (QED) is 0.627. The van der Waals surface area contributed by atoms with Crippen LogP contribution in [0.2, 0.25) is 0 Å². The van der Waals surface area contributed by atoms with Gasteiger partial charge in [-0.15, -0.1) is 0 Å². The summed E-state index contributed by atoms with van der Waals surface area (Å²) < 4.78 is 28.4. The zero-order valence-electron chi connectivity index (χ0n) is 8.77. The van der Waals surface area contributed by atoms with Gasteiger partial charge in [0.2, 0.25) is 5.95 Å². The zero-order chi connectivity index (χ0) is 11.8. The number of aromatic nitrogens is 2. The molecule has 2 nitrogen and oxygen atoms in total. The Bertz CT molecular complexity index is 689. The number of halogens is 2. The minimum atomic E-state index is -0.480. The minimum absolute atomic E-state index is 0.163. The fourth-order valence-electron chi connectivity index (χ4n) is 1.79. The molecule has 0 aliphatic heterocycles. The van der Waals surface area contributed by atoms with Gasteiger partial charge in [0.15, 0.2) is 0 Å². The Morgan fingerprint density at radius 2 is 1.88 bits per heavy atom. The molecule has 0 saturated heterocycles. The lowest BCUT2D eigenvalue weighted by Crippen LogP contribution is -1.87. The molecule has 0 radical (unpaired) electrons. The van der Waals surface area contributed by atoms with Crippen molar-refractivity contribution in [1.29, 1.82) is 0 Å². The van der Waals surface area contributed by atoms with Gasteiger partial charge in [-0.1, -0.05) is 18.2 Å². The largest absolute Gasteiger partial charge is 0.276 e. The average Bonchev–Trinajstić information content (AvgIpc) is 2.68. The number of nitrogens with zero attached hydrogens (tertiary/aromatic N) is 2. The van der Waals surface area contributed by atoms with Gasteiger partial charge in [-0.25, -0.2) is 9.37 Å². The first kappa shape index (κ1) is 9.96. The third kappa shape index (κ3) is 1.58. The molecule has 2 aromatic heterocycles. The van der Waals surface area contributed by atoms with Crippen LogP contribution in [0.3, 0.4) is 0 Å². The number of imidazole rings is 1. The maximum Gasteiger partial charge on any atom is 0.225 e. The molecule has 1 aromatic carbocycles. The van der Waals surface area contributed by atoms with E-state index in [1.807, 2.05) is 0 Å². The predicted molar refractivity (Wildman–Crippen MR) is 60.5 cm³/mol. The van der Waals surface area contributed by atoms with Crippen molar-refractivity contribution in [3.63, 3.8) is 0 Å². The second-order valence-corrected chi connectivity index (χ2v) is 3.69. The molecule has 3 rings (SSSR count). The summed E-state index contributed by atoms with van der Waals surface area (Å²) >= 11 is 0. The first-order chi connectivity index (χ1) is 8.25. The highest BCUT2D eigenvalue weighted by molar-refractivity contribution is 5.63.